The molecule has 0 bridgehead atoms. The number of allylic oxidation sites excluding steroid dienone is 1. The van der Waals surface area contributed by atoms with Crippen molar-refractivity contribution in [1.29, 1.82) is 5.26 Å². The first kappa shape index (κ1) is 28.0. The Morgan fingerprint density at radius 2 is 1.68 bits per heavy atom. The second-order valence-electron chi connectivity index (χ2n) is 8.94. The van der Waals surface area contributed by atoms with Gasteiger partial charge in [-0.05, 0) is 84.6 Å². The second-order valence-corrected chi connectivity index (χ2v) is 8.94. The van der Waals surface area contributed by atoms with Crippen molar-refractivity contribution in [3.63, 3.8) is 0 Å². The van der Waals surface area contributed by atoms with Gasteiger partial charge in [0.15, 0.2) is 11.5 Å². The van der Waals surface area contributed by atoms with E-state index in [0.29, 0.717) is 54.7 Å². The van der Waals surface area contributed by atoms with Gasteiger partial charge in [-0.2, -0.15) is 5.26 Å². The number of nitrogens with zero attached hydrogens (tertiary/aromatic N) is 1. The fourth-order valence-corrected chi connectivity index (χ4v) is 4.38. The summed E-state index contributed by atoms with van der Waals surface area (Å²) in [6.45, 7) is 9.03. The molecule has 1 N–H and O–H groups in total. The number of amides is 1. The number of benzene rings is 4. The van der Waals surface area contributed by atoms with Gasteiger partial charge >= 0.3 is 0 Å². The molecule has 0 unspecified atom stereocenters. The Balaban J connectivity index is 1.62. The molecule has 6 heteroatoms. The zero-order valence-corrected chi connectivity index (χ0v) is 22.8. The molecule has 0 aliphatic rings. The fraction of sp³-hybridized carbons (Fsp3) is 0.176. The molecule has 0 saturated carbocycles. The normalized spacial score (nSPS) is 11.0. The van der Waals surface area contributed by atoms with Crippen LogP contribution in [0, 0.1) is 11.3 Å². The average molecular weight is 533 g/mol. The third-order valence-corrected chi connectivity index (χ3v) is 6.17. The van der Waals surface area contributed by atoms with E-state index in [1.54, 1.807) is 42.5 Å². The highest BCUT2D eigenvalue weighted by atomic mass is 16.5. The van der Waals surface area contributed by atoms with Gasteiger partial charge in [0.25, 0.3) is 5.91 Å². The second kappa shape index (κ2) is 13.7. The van der Waals surface area contributed by atoms with E-state index in [9.17, 15) is 10.1 Å². The van der Waals surface area contributed by atoms with Crippen LogP contribution in [-0.4, -0.2) is 19.1 Å². The number of carbonyl (C=O) groups excluding carboxylic acids is 1. The van der Waals surface area contributed by atoms with Gasteiger partial charge in [0.2, 0.25) is 0 Å². The number of rotatable bonds is 12. The molecule has 0 saturated heterocycles. The average Bonchev–Trinajstić information content (AvgIpc) is 2.97. The summed E-state index contributed by atoms with van der Waals surface area (Å²) in [7, 11) is 0. The van der Waals surface area contributed by atoms with Gasteiger partial charge in [0.1, 0.15) is 24.0 Å². The van der Waals surface area contributed by atoms with Crippen molar-refractivity contribution >= 4 is 28.4 Å². The van der Waals surface area contributed by atoms with Crippen molar-refractivity contribution < 1.29 is 19.0 Å². The van der Waals surface area contributed by atoms with Crippen LogP contribution in [-0.2, 0) is 17.8 Å². The largest absolute Gasteiger partial charge is 0.494 e. The van der Waals surface area contributed by atoms with Gasteiger partial charge in [-0.15, -0.1) is 6.58 Å². The summed E-state index contributed by atoms with van der Waals surface area (Å²) in [6.07, 6.45) is 3.85. The molecular weight excluding hydrogens is 500 g/mol. The molecule has 0 aliphatic heterocycles. The van der Waals surface area contributed by atoms with Gasteiger partial charge in [-0.1, -0.05) is 48.5 Å². The van der Waals surface area contributed by atoms with Crippen LogP contribution >= 0.6 is 0 Å². The minimum atomic E-state index is -0.508. The van der Waals surface area contributed by atoms with Crippen LogP contribution in [0.4, 0.5) is 5.69 Å². The molecule has 4 aromatic carbocycles. The Morgan fingerprint density at radius 3 is 2.40 bits per heavy atom. The van der Waals surface area contributed by atoms with Gasteiger partial charge in [-0.25, -0.2) is 0 Å². The van der Waals surface area contributed by atoms with E-state index in [1.165, 1.54) is 0 Å². The van der Waals surface area contributed by atoms with E-state index >= 15 is 0 Å². The lowest BCUT2D eigenvalue weighted by atomic mass is 10.0. The molecule has 4 rings (SSSR count). The lowest BCUT2D eigenvalue weighted by molar-refractivity contribution is -0.112. The van der Waals surface area contributed by atoms with Crippen molar-refractivity contribution in [2.45, 2.75) is 26.9 Å². The van der Waals surface area contributed by atoms with E-state index < -0.39 is 5.91 Å². The maximum atomic E-state index is 12.9. The molecule has 0 fully saturated rings. The first-order valence-electron chi connectivity index (χ1n) is 13.2. The molecule has 0 spiro atoms. The van der Waals surface area contributed by atoms with Gasteiger partial charge in [0, 0.05) is 11.3 Å². The Bertz CT molecular complexity index is 1560. The molecule has 0 aromatic heterocycles. The van der Waals surface area contributed by atoms with E-state index in [4.69, 9.17) is 14.2 Å². The number of hydrogen-bond acceptors (Lipinski definition) is 5. The van der Waals surface area contributed by atoms with Gasteiger partial charge < -0.3 is 19.5 Å². The van der Waals surface area contributed by atoms with E-state index in [0.717, 1.165) is 21.9 Å². The van der Waals surface area contributed by atoms with Gasteiger partial charge in [0.05, 0.1) is 13.2 Å². The number of nitrogens with one attached hydrogen (secondary N) is 1. The Kier molecular flexibility index (Phi) is 9.58. The Labute approximate surface area is 235 Å². The summed E-state index contributed by atoms with van der Waals surface area (Å²) in [5, 5.41) is 14.8. The molecule has 40 heavy (non-hydrogen) atoms. The van der Waals surface area contributed by atoms with Crippen molar-refractivity contribution in [2.75, 3.05) is 18.5 Å². The van der Waals surface area contributed by atoms with Crippen LogP contribution < -0.4 is 19.5 Å². The minimum absolute atomic E-state index is 0.0368. The van der Waals surface area contributed by atoms with Crippen molar-refractivity contribution in [2.24, 2.45) is 0 Å². The highest BCUT2D eigenvalue weighted by Gasteiger charge is 2.16. The third kappa shape index (κ3) is 6.89. The molecule has 0 radical (unpaired) electrons. The van der Waals surface area contributed by atoms with E-state index in [-0.39, 0.29) is 5.57 Å². The third-order valence-electron chi connectivity index (χ3n) is 6.17. The van der Waals surface area contributed by atoms with Crippen molar-refractivity contribution in [1.82, 2.24) is 0 Å². The maximum absolute atomic E-state index is 12.9. The number of nitriles is 1. The summed E-state index contributed by atoms with van der Waals surface area (Å²) in [6, 6.07) is 27.0. The highest BCUT2D eigenvalue weighted by molar-refractivity contribution is 6.09. The summed E-state index contributed by atoms with van der Waals surface area (Å²) in [4.78, 5) is 12.9. The zero-order chi connectivity index (χ0) is 28.3. The van der Waals surface area contributed by atoms with E-state index in [1.807, 2.05) is 44.2 Å². The number of ether oxygens (including phenoxy) is 3. The van der Waals surface area contributed by atoms with Crippen LogP contribution in [0.5, 0.6) is 17.2 Å². The monoisotopic (exact) mass is 532 g/mol. The summed E-state index contributed by atoms with van der Waals surface area (Å²) in [5.41, 5.74) is 3.08. The Hall–Kier alpha value is -5.02. The zero-order valence-electron chi connectivity index (χ0n) is 22.8. The summed E-state index contributed by atoms with van der Waals surface area (Å²) < 4.78 is 17.8. The quantitative estimate of drug-likeness (QED) is 0.116. The van der Waals surface area contributed by atoms with Gasteiger partial charge in [-0.3, -0.25) is 4.79 Å². The molecule has 6 nitrogen and oxygen atoms in total. The predicted molar refractivity (Wildman–Crippen MR) is 160 cm³/mol. The standard InChI is InChI=1S/C34H32N2O4/c1-4-10-26-19-24(20-28(22-35)34(37)36-29-15-17-30(18-16-29)38-5-2)21-32(39-6-3)33(26)40-23-27-13-9-12-25-11-7-8-14-31(25)27/h4,7-9,11-21H,1,5-6,10,23H2,2-3H3,(H,36,37)/b28-20+. The molecule has 202 valence electrons. The SMILES string of the molecule is C=CCc1cc(/C=C(\C#N)C(=O)Nc2ccc(OCC)cc2)cc(OCC)c1OCc1cccc2ccccc12. The van der Waals surface area contributed by atoms with Crippen LogP contribution in [0.3, 0.4) is 0 Å². The molecule has 1 amide bonds. The van der Waals surface area contributed by atoms with Crippen molar-refractivity contribution in [3.05, 3.63) is 114 Å². The molecule has 4 aromatic rings. The van der Waals surface area contributed by atoms with Crippen molar-refractivity contribution in [3.8, 4) is 23.3 Å². The lowest BCUT2D eigenvalue weighted by Gasteiger charge is -2.17. The Morgan fingerprint density at radius 1 is 0.925 bits per heavy atom. The summed E-state index contributed by atoms with van der Waals surface area (Å²) >= 11 is 0. The number of anilines is 1. The summed E-state index contributed by atoms with van der Waals surface area (Å²) in [5.74, 6) is 1.35. The molecule has 0 heterocycles. The smallest absolute Gasteiger partial charge is 0.266 e. The molecule has 0 atom stereocenters. The molecule has 0 aliphatic carbocycles. The van der Waals surface area contributed by atoms with Crippen LogP contribution in [0.15, 0.2) is 97.1 Å². The predicted octanol–water partition coefficient (Wildman–Crippen LogP) is 7.49. The first-order valence-corrected chi connectivity index (χ1v) is 13.2. The number of carbonyl (C=O) groups is 1. The number of fused-ring (bicyclic) bond motifs is 1. The number of hydrogen-bond donors (Lipinski definition) is 1. The maximum Gasteiger partial charge on any atom is 0.266 e. The topological polar surface area (TPSA) is 80.6 Å². The van der Waals surface area contributed by atoms with Crippen LogP contribution in [0.1, 0.15) is 30.5 Å². The highest BCUT2D eigenvalue weighted by Crippen LogP contribution is 2.36. The minimum Gasteiger partial charge on any atom is -0.494 e. The molecular formula is C34H32N2O4. The first-order chi connectivity index (χ1) is 19.6. The van der Waals surface area contributed by atoms with E-state index in [2.05, 4.69) is 36.2 Å². The van der Waals surface area contributed by atoms with Crippen LogP contribution in [0.25, 0.3) is 16.8 Å². The fourth-order valence-electron chi connectivity index (χ4n) is 4.38. The van der Waals surface area contributed by atoms with Crippen LogP contribution in [0.2, 0.25) is 0 Å². The lowest BCUT2D eigenvalue weighted by Crippen LogP contribution is -2.13.